The molecular weight excluding hydrogens is 308 g/mol. The minimum atomic E-state index is -0.273. The highest BCUT2D eigenvalue weighted by Crippen LogP contribution is 2.65. The largest absolute Gasteiger partial charge is 0.475 e. The Morgan fingerprint density at radius 1 is 1.22 bits per heavy atom. The molecule has 4 fully saturated rings. The van der Waals surface area contributed by atoms with Crippen molar-refractivity contribution in [2.75, 3.05) is 0 Å². The molecule has 1 aromatic carbocycles. The summed E-state index contributed by atoms with van der Waals surface area (Å²) in [6.07, 6.45) is 3.42. The first-order valence-corrected chi connectivity index (χ1v) is 8.54. The van der Waals surface area contributed by atoms with Gasteiger partial charge in [0, 0.05) is 5.94 Å². The van der Waals surface area contributed by atoms with Crippen LogP contribution in [0, 0.1) is 17.3 Å². The van der Waals surface area contributed by atoms with Crippen LogP contribution in [0.4, 0.5) is 0 Å². The Morgan fingerprint density at radius 3 is 2.57 bits per heavy atom. The Kier molecular flexibility index (Phi) is 4.33. The summed E-state index contributed by atoms with van der Waals surface area (Å²) in [6.45, 7) is 7.01. The fourth-order valence-corrected chi connectivity index (χ4v) is 5.06. The van der Waals surface area contributed by atoms with Gasteiger partial charge in [0.15, 0.2) is 0 Å². The first-order chi connectivity index (χ1) is 10.4. The Hall–Kier alpha value is -0.545. The molecule has 2 N–H and O–H groups in total. The number of hydrogen-bond acceptors (Lipinski definition) is 3. The molecule has 2 bridgehead atoms. The lowest BCUT2D eigenvalue weighted by atomic mass is 9.43. The third-order valence-electron chi connectivity index (χ3n) is 6.63. The van der Waals surface area contributed by atoms with E-state index in [4.69, 9.17) is 15.0 Å². The average molecular weight is 336 g/mol. The highest BCUT2D eigenvalue weighted by Gasteiger charge is 2.68. The van der Waals surface area contributed by atoms with Crippen molar-refractivity contribution in [3.63, 3.8) is 0 Å². The summed E-state index contributed by atoms with van der Waals surface area (Å²) < 4.78 is 12.7. The lowest BCUT2D eigenvalue weighted by Crippen LogP contribution is -2.65. The van der Waals surface area contributed by atoms with Crippen molar-refractivity contribution in [3.05, 3.63) is 35.9 Å². The van der Waals surface area contributed by atoms with E-state index >= 15 is 0 Å². The quantitative estimate of drug-likeness (QED) is 0.862. The third-order valence-corrected chi connectivity index (χ3v) is 6.63. The normalized spacial score (nSPS) is 38.3. The minimum absolute atomic E-state index is 0. The van der Waals surface area contributed by atoms with E-state index in [0.717, 1.165) is 18.8 Å². The molecule has 4 aliphatic rings. The summed E-state index contributed by atoms with van der Waals surface area (Å²) in [4.78, 5) is 0. The average Bonchev–Trinajstić information content (AvgIpc) is 2.85. The molecular formula is C18H27BClNO2. The zero-order chi connectivity index (χ0) is 15.5. The van der Waals surface area contributed by atoms with Crippen LogP contribution in [0.2, 0.25) is 0 Å². The zero-order valence-electron chi connectivity index (χ0n) is 14.2. The molecule has 126 valence electrons. The summed E-state index contributed by atoms with van der Waals surface area (Å²) >= 11 is 0. The first kappa shape index (κ1) is 17.3. The maximum atomic E-state index is 6.43. The second-order valence-corrected chi connectivity index (χ2v) is 8.19. The number of hydrogen-bond donors (Lipinski definition) is 1. The molecule has 3 nitrogen and oxygen atoms in total. The SMILES string of the molecule is CC1(C)[C@H]2C[C@H]3OB(C(N)Cc4ccccc4)O[C@@]3(C)[C@H]1C2.Cl. The Bertz CT molecular complexity index is 569. The van der Waals surface area contributed by atoms with Crippen molar-refractivity contribution < 1.29 is 9.31 Å². The van der Waals surface area contributed by atoms with Crippen LogP contribution in [0.25, 0.3) is 0 Å². The van der Waals surface area contributed by atoms with Gasteiger partial charge in [0.2, 0.25) is 0 Å². The summed E-state index contributed by atoms with van der Waals surface area (Å²) in [6, 6.07) is 10.4. The summed E-state index contributed by atoms with van der Waals surface area (Å²) in [7, 11) is -0.273. The van der Waals surface area contributed by atoms with Crippen LogP contribution in [-0.2, 0) is 15.7 Å². The summed E-state index contributed by atoms with van der Waals surface area (Å²) in [5.41, 5.74) is 7.87. The molecule has 0 aromatic heterocycles. The van der Waals surface area contributed by atoms with Crippen LogP contribution in [-0.4, -0.2) is 24.8 Å². The predicted octanol–water partition coefficient (Wildman–Crippen LogP) is 3.25. The van der Waals surface area contributed by atoms with E-state index in [9.17, 15) is 0 Å². The third kappa shape index (κ3) is 2.55. The van der Waals surface area contributed by atoms with E-state index in [1.54, 1.807) is 0 Å². The second kappa shape index (κ2) is 5.77. The predicted molar refractivity (Wildman–Crippen MR) is 95.5 cm³/mol. The van der Waals surface area contributed by atoms with E-state index in [0.29, 0.717) is 11.3 Å². The Balaban J connectivity index is 0.00000156. The second-order valence-electron chi connectivity index (χ2n) is 8.19. The monoisotopic (exact) mass is 335 g/mol. The molecule has 3 aliphatic carbocycles. The highest BCUT2D eigenvalue weighted by molar-refractivity contribution is 6.47. The molecule has 5 heteroatoms. The molecule has 3 saturated carbocycles. The van der Waals surface area contributed by atoms with Crippen molar-refractivity contribution in [3.8, 4) is 0 Å². The number of halogens is 1. The molecule has 0 radical (unpaired) electrons. The molecule has 1 unspecified atom stereocenters. The molecule has 1 saturated heterocycles. The molecule has 1 heterocycles. The van der Waals surface area contributed by atoms with Gasteiger partial charge in [0.25, 0.3) is 0 Å². The zero-order valence-corrected chi connectivity index (χ0v) is 15.0. The Morgan fingerprint density at radius 2 is 1.91 bits per heavy atom. The minimum Gasteiger partial charge on any atom is -0.404 e. The fraction of sp³-hybridized carbons (Fsp3) is 0.667. The van der Waals surface area contributed by atoms with Gasteiger partial charge in [0.1, 0.15) is 0 Å². The fourth-order valence-electron chi connectivity index (χ4n) is 5.06. The van der Waals surface area contributed by atoms with Crippen molar-refractivity contribution in [1.29, 1.82) is 0 Å². The first-order valence-electron chi connectivity index (χ1n) is 8.54. The van der Waals surface area contributed by atoms with Crippen molar-refractivity contribution in [2.24, 2.45) is 23.0 Å². The molecule has 1 aliphatic heterocycles. The molecule has 0 amide bonds. The van der Waals surface area contributed by atoms with Crippen molar-refractivity contribution >= 4 is 19.5 Å². The van der Waals surface area contributed by atoms with E-state index in [1.165, 1.54) is 12.0 Å². The van der Waals surface area contributed by atoms with E-state index in [-0.39, 0.29) is 37.2 Å². The smallest absolute Gasteiger partial charge is 0.404 e. The topological polar surface area (TPSA) is 44.5 Å². The van der Waals surface area contributed by atoms with Gasteiger partial charge >= 0.3 is 7.12 Å². The van der Waals surface area contributed by atoms with Crippen LogP contribution >= 0.6 is 12.4 Å². The van der Waals surface area contributed by atoms with Crippen LogP contribution < -0.4 is 5.73 Å². The molecule has 1 aromatic rings. The number of nitrogens with two attached hydrogens (primary N) is 1. The van der Waals surface area contributed by atoms with Crippen LogP contribution in [0.1, 0.15) is 39.2 Å². The van der Waals surface area contributed by atoms with Gasteiger partial charge in [-0.05, 0) is 49.0 Å². The maximum absolute atomic E-state index is 6.43. The van der Waals surface area contributed by atoms with Gasteiger partial charge < -0.3 is 15.0 Å². The van der Waals surface area contributed by atoms with E-state index in [1.807, 2.05) is 6.07 Å². The number of rotatable bonds is 3. The van der Waals surface area contributed by atoms with E-state index in [2.05, 4.69) is 45.0 Å². The number of benzene rings is 1. The van der Waals surface area contributed by atoms with Crippen LogP contribution in [0.15, 0.2) is 30.3 Å². The molecule has 5 rings (SSSR count). The molecule has 23 heavy (non-hydrogen) atoms. The van der Waals surface area contributed by atoms with Crippen LogP contribution in [0.3, 0.4) is 0 Å². The van der Waals surface area contributed by atoms with Crippen LogP contribution in [0.5, 0.6) is 0 Å². The van der Waals surface area contributed by atoms with E-state index < -0.39 is 0 Å². The van der Waals surface area contributed by atoms with Gasteiger partial charge in [0.05, 0.1) is 11.7 Å². The van der Waals surface area contributed by atoms with Gasteiger partial charge in [-0.1, -0.05) is 44.2 Å². The summed E-state index contributed by atoms with van der Waals surface area (Å²) in [5.74, 6) is 1.27. The van der Waals surface area contributed by atoms with Crippen molar-refractivity contribution in [2.45, 2.75) is 57.7 Å². The van der Waals surface area contributed by atoms with Gasteiger partial charge in [-0.2, -0.15) is 0 Å². The van der Waals surface area contributed by atoms with Gasteiger partial charge in [-0.3, -0.25) is 0 Å². The van der Waals surface area contributed by atoms with Gasteiger partial charge in [-0.15, -0.1) is 12.4 Å². The van der Waals surface area contributed by atoms with Crippen molar-refractivity contribution in [1.82, 2.24) is 0 Å². The molecule has 5 atom stereocenters. The maximum Gasteiger partial charge on any atom is 0.475 e. The summed E-state index contributed by atoms with van der Waals surface area (Å²) in [5, 5.41) is 0. The Labute approximate surface area is 145 Å². The molecule has 0 spiro atoms. The lowest BCUT2D eigenvalue weighted by Gasteiger charge is -2.64. The standard InChI is InChI=1S/C18H26BNO2.ClH/c1-17(2)13-10-14(17)18(3)15(11-13)21-19(22-18)16(20)9-12-7-5-4-6-8-12;/h4-8,13-16H,9-11,20H2,1-3H3;1H/t13-,14+,15-,16?,18+;/m1./s1. The van der Waals surface area contributed by atoms with Gasteiger partial charge in [-0.25, -0.2) is 0 Å². The lowest BCUT2D eigenvalue weighted by molar-refractivity contribution is -0.199. The highest BCUT2D eigenvalue weighted by atomic mass is 35.5.